The Morgan fingerprint density at radius 2 is 2.00 bits per heavy atom. The van der Waals surface area contributed by atoms with Gasteiger partial charge in [-0.15, -0.1) is 0 Å². The molecular formula is C10H16N2O3. The highest BCUT2D eigenvalue weighted by molar-refractivity contribution is 5.70. The molecule has 1 aromatic rings. The molecule has 0 fully saturated rings. The second-order valence-corrected chi connectivity index (χ2v) is 4.65. The molecule has 0 saturated carbocycles. The summed E-state index contributed by atoms with van der Waals surface area (Å²) in [4.78, 5) is 22.3. The Bertz CT molecular complexity index is 435. The topological polar surface area (TPSA) is 75.1 Å². The van der Waals surface area contributed by atoms with E-state index in [2.05, 4.69) is 5.10 Å². The number of aliphatic carboxylic acids is 1. The quantitative estimate of drug-likeness (QED) is 0.755. The molecule has 0 aliphatic carbocycles. The van der Waals surface area contributed by atoms with Crippen LogP contribution < -0.4 is 5.56 Å². The zero-order valence-electron chi connectivity index (χ0n) is 9.42. The van der Waals surface area contributed by atoms with Crippen molar-refractivity contribution in [3.63, 3.8) is 0 Å². The number of carbonyl (C=O) groups is 1. The number of rotatable bonds is 2. The summed E-state index contributed by atoms with van der Waals surface area (Å²) in [6.45, 7) is 5.80. The summed E-state index contributed by atoms with van der Waals surface area (Å²) in [5.74, 6) is -0.989. The Labute approximate surface area is 87.7 Å². The Kier molecular flexibility index (Phi) is 2.75. The fourth-order valence-electron chi connectivity index (χ4n) is 1.53. The second-order valence-electron chi connectivity index (χ2n) is 4.65. The van der Waals surface area contributed by atoms with Gasteiger partial charge in [-0.25, -0.2) is 0 Å². The van der Waals surface area contributed by atoms with Crippen molar-refractivity contribution in [2.24, 2.45) is 7.05 Å². The predicted molar refractivity (Wildman–Crippen MR) is 56.1 cm³/mol. The van der Waals surface area contributed by atoms with Crippen LogP contribution in [0.1, 0.15) is 32.0 Å². The lowest BCUT2D eigenvalue weighted by atomic mass is 9.89. The Hall–Kier alpha value is -1.52. The minimum absolute atomic E-state index is 0.233. The van der Waals surface area contributed by atoms with E-state index in [-0.39, 0.29) is 17.4 Å². The van der Waals surface area contributed by atoms with Gasteiger partial charge in [0.1, 0.15) is 0 Å². The van der Waals surface area contributed by atoms with Crippen LogP contribution in [0.2, 0.25) is 0 Å². The van der Waals surface area contributed by atoms with Crippen molar-refractivity contribution in [2.75, 3.05) is 0 Å². The van der Waals surface area contributed by atoms with E-state index in [0.29, 0.717) is 11.3 Å². The number of aromatic amines is 1. The summed E-state index contributed by atoms with van der Waals surface area (Å²) < 4.78 is 1.32. The van der Waals surface area contributed by atoms with E-state index in [1.807, 2.05) is 20.8 Å². The van der Waals surface area contributed by atoms with Gasteiger partial charge in [0.2, 0.25) is 0 Å². The number of aryl methyl sites for hydroxylation is 1. The standard InChI is InChI=1S/C10H16N2O3/c1-10(2,3)8-6(5-7(13)14)9(15)12(4)11-8/h11H,5H2,1-4H3,(H,13,14). The number of hydrogen-bond acceptors (Lipinski definition) is 2. The predicted octanol–water partition coefficient (Wildman–Crippen LogP) is 0.638. The molecule has 2 N–H and O–H groups in total. The smallest absolute Gasteiger partial charge is 0.308 e. The van der Waals surface area contributed by atoms with E-state index in [9.17, 15) is 9.59 Å². The molecule has 0 aliphatic heterocycles. The molecule has 5 nitrogen and oxygen atoms in total. The van der Waals surface area contributed by atoms with Crippen LogP contribution in [0.5, 0.6) is 0 Å². The van der Waals surface area contributed by atoms with Crippen LogP contribution in [0.3, 0.4) is 0 Å². The van der Waals surface area contributed by atoms with Crippen LogP contribution in [0.4, 0.5) is 0 Å². The zero-order valence-corrected chi connectivity index (χ0v) is 9.42. The van der Waals surface area contributed by atoms with Crippen molar-refractivity contribution >= 4 is 5.97 Å². The molecule has 0 radical (unpaired) electrons. The number of aromatic nitrogens is 2. The van der Waals surface area contributed by atoms with Crippen molar-refractivity contribution in [3.05, 3.63) is 21.6 Å². The molecule has 1 heterocycles. The van der Waals surface area contributed by atoms with E-state index in [0.717, 1.165) is 0 Å². The monoisotopic (exact) mass is 212 g/mol. The average molecular weight is 212 g/mol. The first-order valence-corrected chi connectivity index (χ1v) is 4.73. The zero-order chi connectivity index (χ0) is 11.8. The molecule has 5 heteroatoms. The highest BCUT2D eigenvalue weighted by Gasteiger charge is 2.24. The highest BCUT2D eigenvalue weighted by Crippen LogP contribution is 2.22. The summed E-state index contributed by atoms with van der Waals surface area (Å²) in [5, 5.41) is 11.6. The number of nitrogens with one attached hydrogen (secondary N) is 1. The van der Waals surface area contributed by atoms with Crippen molar-refractivity contribution in [1.29, 1.82) is 0 Å². The first-order chi connectivity index (χ1) is 6.73. The molecule has 0 aromatic carbocycles. The Balaban J connectivity index is 3.34. The number of carboxylic acid groups (broad SMARTS) is 1. The molecule has 0 saturated heterocycles. The molecule has 0 unspecified atom stereocenters. The van der Waals surface area contributed by atoms with Crippen LogP contribution in [-0.4, -0.2) is 20.9 Å². The van der Waals surface area contributed by atoms with Crippen LogP contribution >= 0.6 is 0 Å². The lowest BCUT2D eigenvalue weighted by Gasteiger charge is -2.17. The van der Waals surface area contributed by atoms with Gasteiger partial charge in [-0.2, -0.15) is 0 Å². The maximum Gasteiger partial charge on any atom is 0.308 e. The maximum absolute atomic E-state index is 11.6. The van der Waals surface area contributed by atoms with Gasteiger partial charge in [0.25, 0.3) is 5.56 Å². The molecule has 0 amide bonds. The molecule has 84 valence electrons. The number of nitrogens with zero attached hydrogens (tertiary/aromatic N) is 1. The minimum Gasteiger partial charge on any atom is -0.481 e. The highest BCUT2D eigenvalue weighted by atomic mass is 16.4. The molecular weight excluding hydrogens is 196 g/mol. The van der Waals surface area contributed by atoms with E-state index < -0.39 is 5.97 Å². The largest absolute Gasteiger partial charge is 0.481 e. The summed E-state index contributed by atoms with van der Waals surface area (Å²) in [6, 6.07) is 0. The first kappa shape index (κ1) is 11.6. The third kappa shape index (κ3) is 2.29. The van der Waals surface area contributed by atoms with E-state index >= 15 is 0 Å². The SMILES string of the molecule is Cn1[nH]c(C(C)(C)C)c(CC(=O)O)c1=O. The van der Waals surface area contributed by atoms with Crippen molar-refractivity contribution < 1.29 is 9.90 Å². The van der Waals surface area contributed by atoms with Crippen molar-refractivity contribution in [2.45, 2.75) is 32.6 Å². The molecule has 0 aliphatic rings. The Morgan fingerprint density at radius 1 is 1.47 bits per heavy atom. The third-order valence-corrected chi connectivity index (χ3v) is 2.22. The third-order valence-electron chi connectivity index (χ3n) is 2.22. The van der Waals surface area contributed by atoms with E-state index in [1.54, 1.807) is 7.05 Å². The molecule has 1 aromatic heterocycles. The number of hydrogen-bond donors (Lipinski definition) is 2. The summed E-state index contributed by atoms with van der Waals surface area (Å²) in [5.41, 5.74) is 0.516. The van der Waals surface area contributed by atoms with Gasteiger partial charge < -0.3 is 5.11 Å². The lowest BCUT2D eigenvalue weighted by Crippen LogP contribution is -2.20. The van der Waals surface area contributed by atoms with Gasteiger partial charge in [-0.3, -0.25) is 19.4 Å². The minimum atomic E-state index is -0.989. The van der Waals surface area contributed by atoms with Gasteiger partial charge in [0.15, 0.2) is 0 Å². The van der Waals surface area contributed by atoms with Gasteiger partial charge in [0, 0.05) is 18.2 Å². The summed E-state index contributed by atoms with van der Waals surface area (Å²) in [6.07, 6.45) is -0.233. The second kappa shape index (κ2) is 3.56. The summed E-state index contributed by atoms with van der Waals surface area (Å²) in [7, 11) is 1.59. The van der Waals surface area contributed by atoms with Crippen molar-refractivity contribution in [3.8, 4) is 0 Å². The lowest BCUT2D eigenvalue weighted by molar-refractivity contribution is -0.136. The molecule has 0 spiro atoms. The van der Waals surface area contributed by atoms with Gasteiger partial charge in [-0.1, -0.05) is 20.8 Å². The van der Waals surface area contributed by atoms with Gasteiger partial charge >= 0.3 is 5.97 Å². The number of H-pyrrole nitrogens is 1. The molecule has 15 heavy (non-hydrogen) atoms. The van der Waals surface area contributed by atoms with Crippen LogP contribution in [0, 0.1) is 0 Å². The maximum atomic E-state index is 11.6. The number of carboxylic acids is 1. The van der Waals surface area contributed by atoms with Crippen LogP contribution in [0.15, 0.2) is 4.79 Å². The van der Waals surface area contributed by atoms with Gasteiger partial charge in [-0.05, 0) is 0 Å². The average Bonchev–Trinajstić information content (AvgIpc) is 2.30. The fourth-order valence-corrected chi connectivity index (χ4v) is 1.53. The molecule has 1 rings (SSSR count). The Morgan fingerprint density at radius 3 is 2.40 bits per heavy atom. The normalized spacial score (nSPS) is 11.7. The first-order valence-electron chi connectivity index (χ1n) is 4.73. The van der Waals surface area contributed by atoms with Crippen molar-refractivity contribution in [1.82, 2.24) is 9.78 Å². The van der Waals surface area contributed by atoms with E-state index in [1.165, 1.54) is 4.68 Å². The fraction of sp³-hybridized carbons (Fsp3) is 0.600. The van der Waals surface area contributed by atoms with Gasteiger partial charge in [0.05, 0.1) is 12.0 Å². The van der Waals surface area contributed by atoms with Crippen LogP contribution in [-0.2, 0) is 23.7 Å². The van der Waals surface area contributed by atoms with Crippen LogP contribution in [0.25, 0.3) is 0 Å². The molecule has 0 bridgehead atoms. The summed E-state index contributed by atoms with van der Waals surface area (Å²) >= 11 is 0. The molecule has 0 atom stereocenters. The van der Waals surface area contributed by atoms with E-state index in [4.69, 9.17) is 5.11 Å².